The molecular formula is C12H19N3O. The lowest BCUT2D eigenvalue weighted by molar-refractivity contribution is 0.0955. The first-order valence-electron chi connectivity index (χ1n) is 5.68. The number of pyridine rings is 1. The highest BCUT2D eigenvalue weighted by atomic mass is 16.1. The summed E-state index contributed by atoms with van der Waals surface area (Å²) < 4.78 is 0. The lowest BCUT2D eigenvalue weighted by atomic mass is 10.1. The van der Waals surface area contributed by atoms with E-state index in [0.29, 0.717) is 12.1 Å². The first-order valence-corrected chi connectivity index (χ1v) is 5.68. The molecule has 0 aliphatic carbocycles. The molecule has 0 atom stereocenters. The molecule has 0 saturated carbocycles. The van der Waals surface area contributed by atoms with Crippen LogP contribution in [0.4, 0.5) is 5.82 Å². The molecule has 0 radical (unpaired) electrons. The maximum Gasteiger partial charge on any atom is 0.251 e. The van der Waals surface area contributed by atoms with Crippen molar-refractivity contribution in [1.82, 2.24) is 10.3 Å². The molecule has 0 aliphatic heterocycles. The highest BCUT2D eigenvalue weighted by molar-refractivity contribution is 5.94. The molecule has 1 aromatic rings. The summed E-state index contributed by atoms with van der Waals surface area (Å²) in [6, 6.07) is 3.62. The minimum Gasteiger partial charge on any atom is -0.373 e. The number of anilines is 1. The van der Waals surface area contributed by atoms with E-state index in [0.717, 1.165) is 24.4 Å². The van der Waals surface area contributed by atoms with Crippen LogP contribution in [0.5, 0.6) is 0 Å². The molecule has 0 bridgehead atoms. The SMILES string of the molecule is CCCc1cc(C(=O)NCC)cc(NC)n1. The molecule has 2 N–H and O–H groups in total. The third kappa shape index (κ3) is 3.22. The molecule has 0 aromatic carbocycles. The van der Waals surface area contributed by atoms with Gasteiger partial charge in [0.2, 0.25) is 0 Å². The molecule has 0 spiro atoms. The van der Waals surface area contributed by atoms with Crippen LogP contribution in [0.2, 0.25) is 0 Å². The smallest absolute Gasteiger partial charge is 0.251 e. The van der Waals surface area contributed by atoms with Gasteiger partial charge in [0, 0.05) is 24.8 Å². The second-order valence-electron chi connectivity index (χ2n) is 3.59. The number of nitrogens with zero attached hydrogens (tertiary/aromatic N) is 1. The summed E-state index contributed by atoms with van der Waals surface area (Å²) >= 11 is 0. The molecule has 4 nitrogen and oxygen atoms in total. The second kappa shape index (κ2) is 6.10. The lowest BCUT2D eigenvalue weighted by Crippen LogP contribution is -2.23. The van der Waals surface area contributed by atoms with Crippen LogP contribution in [0.25, 0.3) is 0 Å². The van der Waals surface area contributed by atoms with E-state index in [1.165, 1.54) is 0 Å². The molecule has 0 fully saturated rings. The number of hydrogen-bond donors (Lipinski definition) is 2. The van der Waals surface area contributed by atoms with E-state index in [4.69, 9.17) is 0 Å². The van der Waals surface area contributed by atoms with Gasteiger partial charge in [-0.2, -0.15) is 0 Å². The normalized spacial score (nSPS) is 9.94. The van der Waals surface area contributed by atoms with Crippen LogP contribution < -0.4 is 10.6 Å². The zero-order valence-corrected chi connectivity index (χ0v) is 10.1. The van der Waals surface area contributed by atoms with Crippen LogP contribution in [-0.4, -0.2) is 24.5 Å². The maximum atomic E-state index is 11.7. The highest BCUT2D eigenvalue weighted by Crippen LogP contribution is 2.11. The minimum absolute atomic E-state index is 0.0428. The van der Waals surface area contributed by atoms with E-state index in [1.807, 2.05) is 13.0 Å². The summed E-state index contributed by atoms with van der Waals surface area (Å²) in [6.07, 6.45) is 1.91. The molecule has 88 valence electrons. The lowest BCUT2D eigenvalue weighted by Gasteiger charge is -2.08. The Morgan fingerprint density at radius 1 is 1.38 bits per heavy atom. The number of aromatic nitrogens is 1. The van der Waals surface area contributed by atoms with Gasteiger partial charge in [-0.15, -0.1) is 0 Å². The molecule has 1 aromatic heterocycles. The number of carbonyl (C=O) groups is 1. The largest absolute Gasteiger partial charge is 0.373 e. The van der Waals surface area contributed by atoms with Crippen molar-refractivity contribution in [3.05, 3.63) is 23.4 Å². The summed E-state index contributed by atoms with van der Waals surface area (Å²) in [7, 11) is 1.81. The monoisotopic (exact) mass is 221 g/mol. The number of carbonyl (C=O) groups excluding carboxylic acids is 1. The molecule has 1 rings (SSSR count). The van der Waals surface area contributed by atoms with E-state index in [-0.39, 0.29) is 5.91 Å². The van der Waals surface area contributed by atoms with Crippen LogP contribution >= 0.6 is 0 Å². The Hall–Kier alpha value is -1.58. The predicted molar refractivity (Wildman–Crippen MR) is 65.8 cm³/mol. The standard InChI is InChI=1S/C12H19N3O/c1-4-6-10-7-9(12(16)14-5-2)8-11(13-3)15-10/h7-8H,4-6H2,1-3H3,(H,13,15)(H,14,16). The molecule has 4 heteroatoms. The first-order chi connectivity index (χ1) is 7.71. The summed E-state index contributed by atoms with van der Waals surface area (Å²) in [5, 5.41) is 5.76. The molecule has 16 heavy (non-hydrogen) atoms. The minimum atomic E-state index is -0.0428. The van der Waals surface area contributed by atoms with Gasteiger partial charge in [0.25, 0.3) is 5.91 Å². The van der Waals surface area contributed by atoms with Crippen molar-refractivity contribution < 1.29 is 4.79 Å². The van der Waals surface area contributed by atoms with Gasteiger partial charge in [0.15, 0.2) is 0 Å². The zero-order chi connectivity index (χ0) is 12.0. The Morgan fingerprint density at radius 3 is 2.69 bits per heavy atom. The highest BCUT2D eigenvalue weighted by Gasteiger charge is 2.08. The quantitative estimate of drug-likeness (QED) is 0.797. The average Bonchev–Trinajstić information content (AvgIpc) is 2.29. The predicted octanol–water partition coefficient (Wildman–Crippen LogP) is 1.83. The van der Waals surface area contributed by atoms with E-state index in [9.17, 15) is 4.79 Å². The van der Waals surface area contributed by atoms with Gasteiger partial charge in [0.1, 0.15) is 5.82 Å². The van der Waals surface area contributed by atoms with Crippen LogP contribution in [0, 0.1) is 0 Å². The van der Waals surface area contributed by atoms with Crippen LogP contribution in [0.3, 0.4) is 0 Å². The fourth-order valence-electron chi connectivity index (χ4n) is 1.49. The third-order valence-electron chi connectivity index (χ3n) is 2.24. The fourth-order valence-corrected chi connectivity index (χ4v) is 1.49. The number of rotatable bonds is 5. The van der Waals surface area contributed by atoms with Crippen molar-refractivity contribution >= 4 is 11.7 Å². The Morgan fingerprint density at radius 2 is 2.12 bits per heavy atom. The topological polar surface area (TPSA) is 54.0 Å². The summed E-state index contributed by atoms with van der Waals surface area (Å²) in [6.45, 7) is 4.64. The van der Waals surface area contributed by atoms with Gasteiger partial charge >= 0.3 is 0 Å². The Bertz CT molecular complexity index is 363. The summed E-state index contributed by atoms with van der Waals surface area (Å²) in [4.78, 5) is 16.1. The summed E-state index contributed by atoms with van der Waals surface area (Å²) in [5.41, 5.74) is 1.63. The molecule has 0 saturated heterocycles. The van der Waals surface area contributed by atoms with Crippen molar-refractivity contribution in [2.24, 2.45) is 0 Å². The number of hydrogen-bond acceptors (Lipinski definition) is 3. The van der Waals surface area contributed by atoms with E-state index in [2.05, 4.69) is 22.5 Å². The molecule has 0 unspecified atom stereocenters. The molecule has 1 amide bonds. The van der Waals surface area contributed by atoms with E-state index >= 15 is 0 Å². The molecular weight excluding hydrogens is 202 g/mol. The van der Waals surface area contributed by atoms with Crippen molar-refractivity contribution in [3.8, 4) is 0 Å². The first kappa shape index (κ1) is 12.5. The van der Waals surface area contributed by atoms with Crippen molar-refractivity contribution in [1.29, 1.82) is 0 Å². The van der Waals surface area contributed by atoms with Crippen molar-refractivity contribution in [3.63, 3.8) is 0 Å². The van der Waals surface area contributed by atoms with Gasteiger partial charge in [-0.3, -0.25) is 4.79 Å². The zero-order valence-electron chi connectivity index (χ0n) is 10.1. The van der Waals surface area contributed by atoms with Gasteiger partial charge in [0.05, 0.1) is 0 Å². The Kier molecular flexibility index (Phi) is 4.76. The molecule has 1 heterocycles. The van der Waals surface area contributed by atoms with Crippen LogP contribution in [-0.2, 0) is 6.42 Å². The molecule has 0 aliphatic rings. The van der Waals surface area contributed by atoms with Crippen LogP contribution in [0.1, 0.15) is 36.3 Å². The van der Waals surface area contributed by atoms with Gasteiger partial charge in [-0.25, -0.2) is 4.98 Å². The number of aryl methyl sites for hydroxylation is 1. The summed E-state index contributed by atoms with van der Waals surface area (Å²) in [5.74, 6) is 0.700. The van der Waals surface area contributed by atoms with E-state index in [1.54, 1.807) is 13.1 Å². The number of amides is 1. The second-order valence-corrected chi connectivity index (χ2v) is 3.59. The number of nitrogens with one attached hydrogen (secondary N) is 2. The Balaban J connectivity index is 2.98. The van der Waals surface area contributed by atoms with Gasteiger partial charge in [-0.05, 0) is 25.5 Å². The Labute approximate surface area is 96.5 Å². The van der Waals surface area contributed by atoms with Crippen LogP contribution in [0.15, 0.2) is 12.1 Å². The van der Waals surface area contributed by atoms with Crippen molar-refractivity contribution in [2.45, 2.75) is 26.7 Å². The van der Waals surface area contributed by atoms with E-state index < -0.39 is 0 Å². The third-order valence-corrected chi connectivity index (χ3v) is 2.24. The van der Waals surface area contributed by atoms with Gasteiger partial charge < -0.3 is 10.6 Å². The van der Waals surface area contributed by atoms with Crippen molar-refractivity contribution in [2.75, 3.05) is 18.9 Å². The average molecular weight is 221 g/mol. The maximum absolute atomic E-state index is 11.7. The fraction of sp³-hybridized carbons (Fsp3) is 0.500. The van der Waals surface area contributed by atoms with Gasteiger partial charge in [-0.1, -0.05) is 13.3 Å².